The van der Waals surface area contributed by atoms with Gasteiger partial charge < -0.3 is 14.8 Å². The molecule has 0 radical (unpaired) electrons. The van der Waals surface area contributed by atoms with Crippen molar-refractivity contribution in [3.05, 3.63) is 94.8 Å². The molecule has 1 heterocycles. The number of Topliss-reactive ketones (excluding diaryl/α,β-unsaturated/α-hetero) is 2. The Labute approximate surface area is 211 Å². The van der Waals surface area contributed by atoms with Crippen molar-refractivity contribution >= 4 is 11.6 Å². The highest BCUT2D eigenvalue weighted by Gasteiger charge is 2.49. The molecule has 6 heteroatoms. The lowest BCUT2D eigenvalue weighted by Crippen LogP contribution is -2.58. The van der Waals surface area contributed by atoms with Gasteiger partial charge in [-0.15, -0.1) is 0 Å². The van der Waals surface area contributed by atoms with Crippen LogP contribution in [-0.4, -0.2) is 37.9 Å². The maximum Gasteiger partial charge on any atom is 0.168 e. The Morgan fingerprint density at radius 1 is 0.778 bits per heavy atom. The third kappa shape index (κ3) is 4.78. The summed E-state index contributed by atoms with van der Waals surface area (Å²) in [6.45, 7) is 5.61. The number of methoxy groups -OCH3 is 2. The van der Waals surface area contributed by atoms with E-state index in [4.69, 9.17) is 9.47 Å². The van der Waals surface area contributed by atoms with E-state index in [0.29, 0.717) is 33.8 Å². The van der Waals surface area contributed by atoms with Gasteiger partial charge in [0, 0.05) is 41.0 Å². The average molecular weight is 490 g/mol. The molecule has 4 rings (SSSR count). The van der Waals surface area contributed by atoms with Crippen molar-refractivity contribution in [2.45, 2.75) is 38.8 Å². The molecule has 0 aliphatic carbocycles. The molecule has 0 amide bonds. The van der Waals surface area contributed by atoms with E-state index in [-0.39, 0.29) is 29.5 Å². The number of hydrogen-bond acceptors (Lipinski definition) is 5. The fourth-order valence-electron chi connectivity index (χ4n) is 5.56. The van der Waals surface area contributed by atoms with E-state index in [9.17, 15) is 14.0 Å². The van der Waals surface area contributed by atoms with Gasteiger partial charge in [0.2, 0.25) is 0 Å². The van der Waals surface area contributed by atoms with Crippen LogP contribution in [0.3, 0.4) is 0 Å². The second kappa shape index (κ2) is 10.6. The van der Waals surface area contributed by atoms with Crippen molar-refractivity contribution in [1.29, 1.82) is 0 Å². The first kappa shape index (κ1) is 25.6. The van der Waals surface area contributed by atoms with Crippen LogP contribution >= 0.6 is 0 Å². The second-order valence-corrected chi connectivity index (χ2v) is 9.47. The first-order chi connectivity index (χ1) is 17.3. The summed E-state index contributed by atoms with van der Waals surface area (Å²) in [5.74, 6) is -1.17. The van der Waals surface area contributed by atoms with Gasteiger partial charge in [-0.2, -0.15) is 0 Å². The Bertz CT molecular complexity index is 1200. The van der Waals surface area contributed by atoms with E-state index < -0.39 is 17.8 Å². The van der Waals surface area contributed by atoms with E-state index in [2.05, 4.69) is 5.32 Å². The smallest absolute Gasteiger partial charge is 0.168 e. The quantitative estimate of drug-likeness (QED) is 0.437. The highest BCUT2D eigenvalue weighted by Crippen LogP contribution is 2.44. The average Bonchev–Trinajstić information content (AvgIpc) is 2.89. The molecule has 0 spiro atoms. The predicted molar refractivity (Wildman–Crippen MR) is 138 cm³/mol. The standard InChI is InChI=1S/C30H32FNO4/c1-17-24(13-8-14-25(17)31)28-26(29(33)20-9-6-11-22(15-20)35-4)18(2)32-19(3)27(28)30(34)21-10-7-12-23(16-21)36-5/h6-16,18-19,26-28,32H,1-5H3/t18-,19+,26-,27+,28-. The molecule has 5 nitrogen and oxygen atoms in total. The molecule has 1 aliphatic heterocycles. The molecule has 0 bridgehead atoms. The number of nitrogens with one attached hydrogen (secondary N) is 1. The zero-order chi connectivity index (χ0) is 26.0. The van der Waals surface area contributed by atoms with Crippen LogP contribution in [0.15, 0.2) is 66.7 Å². The van der Waals surface area contributed by atoms with Gasteiger partial charge in [0.1, 0.15) is 17.3 Å². The summed E-state index contributed by atoms with van der Waals surface area (Å²) >= 11 is 0. The SMILES string of the molecule is COc1cccc(C(=O)[C@@H]2[C@H](c3cccc(F)c3C)[C@H](C(=O)c3cccc(OC)c3)[C@@H](C)N[C@H]2C)c1. The highest BCUT2D eigenvalue weighted by atomic mass is 19.1. The Morgan fingerprint density at radius 2 is 1.25 bits per heavy atom. The summed E-state index contributed by atoms with van der Waals surface area (Å²) in [4.78, 5) is 28.1. The van der Waals surface area contributed by atoms with Crippen molar-refractivity contribution in [1.82, 2.24) is 5.32 Å². The largest absolute Gasteiger partial charge is 0.497 e. The van der Waals surface area contributed by atoms with Gasteiger partial charge in [0.05, 0.1) is 14.2 Å². The normalized spacial score (nSPS) is 23.7. The summed E-state index contributed by atoms with van der Waals surface area (Å²) in [6, 6.07) is 18.4. The van der Waals surface area contributed by atoms with Crippen LogP contribution in [0.25, 0.3) is 0 Å². The monoisotopic (exact) mass is 489 g/mol. The Kier molecular flexibility index (Phi) is 7.55. The lowest BCUT2D eigenvalue weighted by molar-refractivity contribution is 0.0647. The molecule has 0 saturated carbocycles. The second-order valence-electron chi connectivity index (χ2n) is 9.47. The first-order valence-electron chi connectivity index (χ1n) is 12.1. The highest BCUT2D eigenvalue weighted by molar-refractivity contribution is 6.03. The Hall–Kier alpha value is -3.51. The molecule has 1 aliphatic rings. The number of ether oxygens (including phenoxy) is 2. The minimum Gasteiger partial charge on any atom is -0.497 e. The van der Waals surface area contributed by atoms with E-state index in [0.717, 1.165) is 0 Å². The molecule has 0 aromatic heterocycles. The lowest BCUT2D eigenvalue weighted by atomic mass is 9.63. The number of carbonyl (C=O) groups excluding carboxylic acids is 2. The molecule has 36 heavy (non-hydrogen) atoms. The van der Waals surface area contributed by atoms with Crippen LogP contribution in [0, 0.1) is 24.6 Å². The first-order valence-corrected chi connectivity index (χ1v) is 12.1. The maximum atomic E-state index is 14.8. The third-order valence-corrected chi connectivity index (χ3v) is 7.36. The summed E-state index contributed by atoms with van der Waals surface area (Å²) in [5.41, 5.74) is 2.12. The van der Waals surface area contributed by atoms with Crippen LogP contribution in [0.4, 0.5) is 4.39 Å². The van der Waals surface area contributed by atoms with Gasteiger partial charge >= 0.3 is 0 Å². The predicted octanol–water partition coefficient (Wildman–Crippen LogP) is 5.61. The number of ketones is 2. The summed E-state index contributed by atoms with van der Waals surface area (Å²) in [7, 11) is 3.11. The van der Waals surface area contributed by atoms with Crippen molar-refractivity contribution < 1.29 is 23.5 Å². The summed E-state index contributed by atoms with van der Waals surface area (Å²) in [6.07, 6.45) is 0. The molecule has 3 aromatic carbocycles. The van der Waals surface area contributed by atoms with E-state index in [1.165, 1.54) is 6.07 Å². The van der Waals surface area contributed by atoms with Crippen LogP contribution in [0.1, 0.15) is 51.6 Å². The third-order valence-electron chi connectivity index (χ3n) is 7.36. The van der Waals surface area contributed by atoms with Crippen LogP contribution in [0.5, 0.6) is 11.5 Å². The van der Waals surface area contributed by atoms with E-state index >= 15 is 0 Å². The van der Waals surface area contributed by atoms with Crippen molar-refractivity contribution in [3.63, 3.8) is 0 Å². The molecule has 1 N–H and O–H groups in total. The molecular formula is C30H32FNO4. The van der Waals surface area contributed by atoms with Gasteiger partial charge in [-0.3, -0.25) is 9.59 Å². The molecule has 5 atom stereocenters. The minimum atomic E-state index is -0.603. The summed E-state index contributed by atoms with van der Waals surface area (Å²) < 4.78 is 25.5. The number of benzene rings is 3. The lowest BCUT2D eigenvalue weighted by Gasteiger charge is -2.46. The number of piperidine rings is 1. The van der Waals surface area contributed by atoms with Crippen LogP contribution < -0.4 is 14.8 Å². The topological polar surface area (TPSA) is 64.6 Å². The van der Waals surface area contributed by atoms with Gasteiger partial charge in [-0.25, -0.2) is 4.39 Å². The van der Waals surface area contributed by atoms with Crippen molar-refractivity contribution in [3.8, 4) is 11.5 Å². The zero-order valence-corrected chi connectivity index (χ0v) is 21.2. The van der Waals surface area contributed by atoms with Gasteiger partial charge in [-0.1, -0.05) is 36.4 Å². The van der Waals surface area contributed by atoms with Crippen LogP contribution in [0.2, 0.25) is 0 Å². The Balaban J connectivity index is 1.88. The van der Waals surface area contributed by atoms with Gasteiger partial charge in [0.15, 0.2) is 11.6 Å². The van der Waals surface area contributed by atoms with E-state index in [1.807, 2.05) is 19.9 Å². The van der Waals surface area contributed by atoms with Crippen molar-refractivity contribution in [2.24, 2.45) is 11.8 Å². The fraction of sp³-hybridized carbons (Fsp3) is 0.333. The molecule has 1 saturated heterocycles. The molecular weight excluding hydrogens is 457 g/mol. The fourth-order valence-corrected chi connectivity index (χ4v) is 5.56. The molecule has 0 unspecified atom stereocenters. The van der Waals surface area contributed by atoms with E-state index in [1.54, 1.807) is 75.7 Å². The Morgan fingerprint density at radius 3 is 1.72 bits per heavy atom. The van der Waals surface area contributed by atoms with Gasteiger partial charge in [-0.05, 0) is 62.2 Å². The molecule has 188 valence electrons. The van der Waals surface area contributed by atoms with Crippen LogP contribution in [-0.2, 0) is 0 Å². The summed E-state index contributed by atoms with van der Waals surface area (Å²) in [5, 5.41) is 3.47. The molecule has 3 aromatic rings. The maximum absolute atomic E-state index is 14.8. The van der Waals surface area contributed by atoms with Crippen molar-refractivity contribution in [2.75, 3.05) is 14.2 Å². The number of rotatable bonds is 7. The number of halogens is 1. The molecule has 1 fully saturated rings. The zero-order valence-electron chi connectivity index (χ0n) is 21.2. The number of hydrogen-bond donors (Lipinski definition) is 1. The minimum absolute atomic E-state index is 0.113. The van der Waals surface area contributed by atoms with Gasteiger partial charge in [0.25, 0.3) is 0 Å². The number of carbonyl (C=O) groups is 2.